The number of hydrogen-bond donors (Lipinski definition) is 2. The number of rotatable bonds is 3. The summed E-state index contributed by atoms with van der Waals surface area (Å²) in [4.78, 5) is 26.1. The van der Waals surface area contributed by atoms with Crippen molar-refractivity contribution < 1.29 is 9.59 Å². The van der Waals surface area contributed by atoms with Crippen molar-refractivity contribution in [1.29, 1.82) is 0 Å². The van der Waals surface area contributed by atoms with Crippen LogP contribution in [0.5, 0.6) is 0 Å². The van der Waals surface area contributed by atoms with Crippen LogP contribution in [0, 0.1) is 5.92 Å². The number of likely N-dealkylation sites (tertiary alicyclic amines) is 1. The number of hydrogen-bond acceptors (Lipinski definition) is 2. The normalized spacial score (nSPS) is 17.0. The first-order valence-corrected chi connectivity index (χ1v) is 8.37. The number of amides is 3. The van der Waals surface area contributed by atoms with E-state index in [1.165, 1.54) is 0 Å². The fraction of sp³-hybridized carbons (Fsp3) is 0.500. The predicted molar refractivity (Wildman–Crippen MR) is 90.7 cm³/mol. The van der Waals surface area contributed by atoms with Crippen molar-refractivity contribution in [3.05, 3.63) is 28.7 Å². The van der Waals surface area contributed by atoms with E-state index in [4.69, 9.17) is 0 Å². The summed E-state index contributed by atoms with van der Waals surface area (Å²) in [7, 11) is 0. The van der Waals surface area contributed by atoms with Crippen LogP contribution in [0.25, 0.3) is 0 Å². The zero-order valence-corrected chi connectivity index (χ0v) is 14.5. The molecule has 1 saturated heterocycles. The van der Waals surface area contributed by atoms with Gasteiger partial charge < -0.3 is 15.5 Å². The van der Waals surface area contributed by atoms with Crippen molar-refractivity contribution in [2.75, 3.05) is 18.4 Å². The number of nitrogens with zero attached hydrogens (tertiary/aromatic N) is 1. The molecular formula is C16H22BrN3O2. The highest BCUT2D eigenvalue weighted by atomic mass is 79.9. The van der Waals surface area contributed by atoms with Gasteiger partial charge in [0.15, 0.2) is 0 Å². The third-order valence-corrected chi connectivity index (χ3v) is 4.39. The molecule has 0 aromatic heterocycles. The number of anilines is 1. The SMILES string of the molecule is CC1CCN(C(=O)C(C)NC(=O)Nc2cccc(Br)c2)CC1. The average Bonchev–Trinajstić information content (AvgIpc) is 2.47. The maximum absolute atomic E-state index is 12.3. The Morgan fingerprint density at radius 3 is 2.64 bits per heavy atom. The largest absolute Gasteiger partial charge is 0.341 e. The molecule has 1 aliphatic rings. The Bertz CT molecular complexity index is 542. The van der Waals surface area contributed by atoms with Crippen molar-refractivity contribution >= 4 is 33.6 Å². The maximum atomic E-state index is 12.3. The highest BCUT2D eigenvalue weighted by molar-refractivity contribution is 9.10. The average molecular weight is 368 g/mol. The second kappa shape index (κ2) is 7.63. The quantitative estimate of drug-likeness (QED) is 0.861. The smallest absolute Gasteiger partial charge is 0.319 e. The van der Waals surface area contributed by atoms with Crippen LogP contribution in [0.1, 0.15) is 26.7 Å². The molecule has 1 aromatic rings. The van der Waals surface area contributed by atoms with Crippen LogP contribution >= 0.6 is 15.9 Å². The molecule has 2 N–H and O–H groups in total. The molecule has 1 aliphatic heterocycles. The summed E-state index contributed by atoms with van der Waals surface area (Å²) in [5.74, 6) is 0.656. The molecule has 0 saturated carbocycles. The third kappa shape index (κ3) is 4.73. The van der Waals surface area contributed by atoms with Gasteiger partial charge in [-0.15, -0.1) is 0 Å². The summed E-state index contributed by atoms with van der Waals surface area (Å²) < 4.78 is 0.886. The van der Waals surface area contributed by atoms with E-state index < -0.39 is 6.04 Å². The first kappa shape index (κ1) is 16.8. The molecule has 1 heterocycles. The molecular weight excluding hydrogens is 346 g/mol. The summed E-state index contributed by atoms with van der Waals surface area (Å²) in [6, 6.07) is 6.42. The molecule has 0 spiro atoms. The number of carbonyl (C=O) groups excluding carboxylic acids is 2. The fourth-order valence-corrected chi connectivity index (χ4v) is 2.89. The lowest BCUT2D eigenvalue weighted by Crippen LogP contribution is -2.50. The van der Waals surface area contributed by atoms with E-state index in [0.717, 1.165) is 30.4 Å². The monoisotopic (exact) mass is 367 g/mol. The van der Waals surface area contributed by atoms with Crippen LogP contribution in [-0.4, -0.2) is 36.0 Å². The van der Waals surface area contributed by atoms with Crippen LogP contribution in [0.2, 0.25) is 0 Å². The van der Waals surface area contributed by atoms with E-state index in [2.05, 4.69) is 33.5 Å². The molecule has 2 rings (SSSR count). The fourth-order valence-electron chi connectivity index (χ4n) is 2.49. The van der Waals surface area contributed by atoms with Crippen LogP contribution < -0.4 is 10.6 Å². The lowest BCUT2D eigenvalue weighted by molar-refractivity contribution is -0.134. The number of halogens is 1. The molecule has 1 atom stereocenters. The molecule has 0 aliphatic carbocycles. The minimum absolute atomic E-state index is 0.0173. The van der Waals surface area contributed by atoms with Gasteiger partial charge in [0.05, 0.1) is 0 Å². The van der Waals surface area contributed by atoms with Gasteiger partial charge in [-0.2, -0.15) is 0 Å². The Morgan fingerprint density at radius 2 is 2.00 bits per heavy atom. The van der Waals surface area contributed by atoms with Gasteiger partial charge in [-0.1, -0.05) is 28.9 Å². The summed E-state index contributed by atoms with van der Waals surface area (Å²) in [5, 5.41) is 5.43. The summed E-state index contributed by atoms with van der Waals surface area (Å²) in [6.45, 7) is 5.48. The van der Waals surface area contributed by atoms with E-state index in [0.29, 0.717) is 11.6 Å². The van der Waals surface area contributed by atoms with Gasteiger partial charge in [0.1, 0.15) is 6.04 Å². The minimum Gasteiger partial charge on any atom is -0.341 e. The zero-order chi connectivity index (χ0) is 16.1. The maximum Gasteiger partial charge on any atom is 0.319 e. The summed E-state index contributed by atoms with van der Waals surface area (Å²) in [6.07, 6.45) is 2.06. The van der Waals surface area contributed by atoms with Gasteiger partial charge in [-0.3, -0.25) is 4.79 Å². The summed E-state index contributed by atoms with van der Waals surface area (Å²) in [5.41, 5.74) is 0.679. The van der Waals surface area contributed by atoms with Crippen molar-refractivity contribution in [1.82, 2.24) is 10.2 Å². The van der Waals surface area contributed by atoms with E-state index in [9.17, 15) is 9.59 Å². The topological polar surface area (TPSA) is 61.4 Å². The van der Waals surface area contributed by atoms with Crippen molar-refractivity contribution in [2.45, 2.75) is 32.7 Å². The zero-order valence-electron chi connectivity index (χ0n) is 12.9. The molecule has 120 valence electrons. The van der Waals surface area contributed by atoms with Gasteiger partial charge in [-0.05, 0) is 43.9 Å². The standard InChI is InChI=1S/C16H22BrN3O2/c1-11-6-8-20(9-7-11)15(21)12(2)18-16(22)19-14-5-3-4-13(17)10-14/h3-5,10-12H,6-9H2,1-2H3,(H2,18,19,22). The number of piperidine rings is 1. The van der Waals surface area contributed by atoms with Crippen LogP contribution in [0.15, 0.2) is 28.7 Å². The van der Waals surface area contributed by atoms with Gasteiger partial charge in [0.2, 0.25) is 5.91 Å². The number of urea groups is 1. The Morgan fingerprint density at radius 1 is 1.32 bits per heavy atom. The molecule has 3 amide bonds. The van der Waals surface area contributed by atoms with E-state index in [1.807, 2.05) is 17.0 Å². The van der Waals surface area contributed by atoms with Gasteiger partial charge >= 0.3 is 6.03 Å². The number of nitrogens with one attached hydrogen (secondary N) is 2. The van der Waals surface area contributed by atoms with Crippen molar-refractivity contribution in [3.8, 4) is 0 Å². The highest BCUT2D eigenvalue weighted by Crippen LogP contribution is 2.17. The molecule has 0 bridgehead atoms. The van der Waals surface area contributed by atoms with E-state index >= 15 is 0 Å². The Kier molecular flexibility index (Phi) is 5.83. The van der Waals surface area contributed by atoms with Crippen LogP contribution in [-0.2, 0) is 4.79 Å². The first-order valence-electron chi connectivity index (χ1n) is 7.57. The first-order chi connectivity index (χ1) is 10.5. The molecule has 5 nitrogen and oxygen atoms in total. The lowest BCUT2D eigenvalue weighted by Gasteiger charge is -2.32. The van der Waals surface area contributed by atoms with E-state index in [1.54, 1.807) is 19.1 Å². The molecule has 22 heavy (non-hydrogen) atoms. The second-order valence-corrected chi connectivity index (χ2v) is 6.75. The number of carbonyl (C=O) groups is 2. The van der Waals surface area contributed by atoms with E-state index in [-0.39, 0.29) is 11.9 Å². The molecule has 6 heteroatoms. The van der Waals surface area contributed by atoms with Crippen LogP contribution in [0.3, 0.4) is 0 Å². The summed E-state index contributed by atoms with van der Waals surface area (Å²) >= 11 is 3.35. The van der Waals surface area contributed by atoms with Crippen molar-refractivity contribution in [2.24, 2.45) is 5.92 Å². The molecule has 1 aromatic carbocycles. The van der Waals surface area contributed by atoms with Crippen LogP contribution in [0.4, 0.5) is 10.5 Å². The Balaban J connectivity index is 1.84. The van der Waals surface area contributed by atoms with Crippen molar-refractivity contribution in [3.63, 3.8) is 0 Å². The van der Waals surface area contributed by atoms with Gasteiger partial charge in [-0.25, -0.2) is 4.79 Å². The predicted octanol–water partition coefficient (Wildman–Crippen LogP) is 3.22. The number of benzene rings is 1. The molecule has 1 fully saturated rings. The Labute approximate surface area is 139 Å². The third-order valence-electron chi connectivity index (χ3n) is 3.90. The van der Waals surface area contributed by atoms with Gasteiger partial charge in [0.25, 0.3) is 0 Å². The highest BCUT2D eigenvalue weighted by Gasteiger charge is 2.25. The minimum atomic E-state index is -0.527. The van der Waals surface area contributed by atoms with Gasteiger partial charge in [0, 0.05) is 23.2 Å². The molecule has 1 unspecified atom stereocenters. The lowest BCUT2D eigenvalue weighted by atomic mass is 9.99. The Hall–Kier alpha value is -1.56. The second-order valence-electron chi connectivity index (χ2n) is 5.84. The molecule has 0 radical (unpaired) electrons.